The molecule has 0 aromatic carbocycles. The van der Waals surface area contributed by atoms with Gasteiger partial charge < -0.3 is 0 Å². The van der Waals surface area contributed by atoms with Crippen molar-refractivity contribution in [2.24, 2.45) is 5.41 Å². The zero-order valence-electron chi connectivity index (χ0n) is 20.4. The highest BCUT2D eigenvalue weighted by molar-refractivity contribution is 5.64. The molecular formula is C33H33N. The Balaban J connectivity index is 2.23. The Morgan fingerprint density at radius 3 is 2.65 bits per heavy atom. The fourth-order valence-electron chi connectivity index (χ4n) is 4.77. The number of nitrogens with zero attached hydrogens (tertiary/aromatic N) is 1. The van der Waals surface area contributed by atoms with Crippen LogP contribution in [0.1, 0.15) is 33.1 Å². The minimum Gasteiger partial charge on any atom is -0.193 e. The van der Waals surface area contributed by atoms with Crippen LogP contribution in [0.4, 0.5) is 0 Å². The summed E-state index contributed by atoms with van der Waals surface area (Å²) in [5, 5.41) is 9.24. The third-order valence-corrected chi connectivity index (χ3v) is 6.57. The first kappa shape index (κ1) is 24.7. The Morgan fingerprint density at radius 2 is 1.97 bits per heavy atom. The highest BCUT2D eigenvalue weighted by Gasteiger charge is 2.38. The normalized spacial score (nSPS) is 24.0. The van der Waals surface area contributed by atoms with Gasteiger partial charge in [-0.05, 0) is 72.6 Å². The van der Waals surface area contributed by atoms with Gasteiger partial charge in [-0.15, -0.1) is 0 Å². The molecule has 0 fully saturated rings. The summed E-state index contributed by atoms with van der Waals surface area (Å²) < 4.78 is 0. The molecule has 0 amide bonds. The van der Waals surface area contributed by atoms with E-state index in [1.807, 2.05) is 25.2 Å². The van der Waals surface area contributed by atoms with Crippen LogP contribution in [0, 0.1) is 16.7 Å². The molecule has 1 nitrogen and oxygen atoms in total. The van der Waals surface area contributed by atoms with E-state index < -0.39 is 5.41 Å². The lowest BCUT2D eigenvalue weighted by Crippen LogP contribution is -2.25. The predicted octanol–water partition coefficient (Wildman–Crippen LogP) is 8.83. The quantitative estimate of drug-likeness (QED) is 0.361. The van der Waals surface area contributed by atoms with Crippen LogP contribution in [0.25, 0.3) is 0 Å². The second kappa shape index (κ2) is 11.3. The lowest BCUT2D eigenvalue weighted by molar-refractivity contribution is 0.650. The molecule has 1 atom stereocenters. The molecule has 1 unspecified atom stereocenters. The lowest BCUT2D eigenvalue weighted by atomic mass is 9.65. The summed E-state index contributed by atoms with van der Waals surface area (Å²) in [5.74, 6) is 0. The number of nitriles is 1. The Hall–Kier alpha value is -3.89. The molecule has 1 heteroatoms. The summed E-state index contributed by atoms with van der Waals surface area (Å²) in [6.45, 7) is 17.0. The van der Waals surface area contributed by atoms with E-state index in [0.29, 0.717) is 0 Å². The van der Waals surface area contributed by atoms with E-state index in [9.17, 15) is 5.26 Å². The minimum absolute atomic E-state index is 0.478. The monoisotopic (exact) mass is 443 g/mol. The molecule has 3 aliphatic rings. The van der Waals surface area contributed by atoms with E-state index in [2.05, 4.69) is 99.6 Å². The van der Waals surface area contributed by atoms with E-state index in [1.165, 1.54) is 22.3 Å². The van der Waals surface area contributed by atoms with Gasteiger partial charge >= 0.3 is 0 Å². The summed E-state index contributed by atoms with van der Waals surface area (Å²) in [4.78, 5) is 0. The molecule has 3 rings (SSSR count). The van der Waals surface area contributed by atoms with Gasteiger partial charge in [0.1, 0.15) is 0 Å². The number of allylic oxidation sites excluding steroid dienone is 23. The molecule has 0 heterocycles. The Morgan fingerprint density at radius 1 is 1.15 bits per heavy atom. The molecule has 0 radical (unpaired) electrons. The van der Waals surface area contributed by atoms with Crippen LogP contribution >= 0.6 is 0 Å². The van der Waals surface area contributed by atoms with Gasteiger partial charge in [0, 0.05) is 5.57 Å². The maximum atomic E-state index is 9.24. The van der Waals surface area contributed by atoms with Crippen LogP contribution in [-0.2, 0) is 0 Å². The zero-order valence-corrected chi connectivity index (χ0v) is 20.4. The largest absolute Gasteiger partial charge is 0.193 e. The zero-order chi connectivity index (χ0) is 24.6. The molecule has 34 heavy (non-hydrogen) atoms. The van der Waals surface area contributed by atoms with Gasteiger partial charge in [0.15, 0.2) is 0 Å². The van der Waals surface area contributed by atoms with Crippen molar-refractivity contribution in [3.05, 3.63) is 155 Å². The van der Waals surface area contributed by atoms with Crippen molar-refractivity contribution in [1.82, 2.24) is 0 Å². The lowest BCUT2D eigenvalue weighted by Gasteiger charge is -2.37. The third-order valence-electron chi connectivity index (χ3n) is 6.57. The molecule has 170 valence electrons. The molecule has 0 spiro atoms. The van der Waals surface area contributed by atoms with Crippen molar-refractivity contribution >= 4 is 0 Å². The van der Waals surface area contributed by atoms with Crippen LogP contribution in [0.2, 0.25) is 0 Å². The molecule has 3 aliphatic carbocycles. The van der Waals surface area contributed by atoms with Crippen molar-refractivity contribution in [2.75, 3.05) is 0 Å². The molecule has 0 saturated heterocycles. The first-order valence-corrected chi connectivity index (χ1v) is 11.7. The second-order valence-electron chi connectivity index (χ2n) is 8.64. The smallest absolute Gasteiger partial charge is 0.0947 e. The van der Waals surface area contributed by atoms with Gasteiger partial charge in [0.2, 0.25) is 0 Å². The van der Waals surface area contributed by atoms with Crippen LogP contribution < -0.4 is 0 Å². The van der Waals surface area contributed by atoms with Gasteiger partial charge in [-0.3, -0.25) is 0 Å². The Kier molecular flexibility index (Phi) is 8.23. The Labute approximate surface area is 205 Å². The predicted molar refractivity (Wildman–Crippen MR) is 147 cm³/mol. The molecular weight excluding hydrogens is 410 g/mol. The average Bonchev–Trinajstić information content (AvgIpc) is 3.32. The maximum absolute atomic E-state index is 9.24. The molecule has 0 aromatic heterocycles. The first-order valence-electron chi connectivity index (χ1n) is 11.7. The molecule has 0 saturated carbocycles. The van der Waals surface area contributed by atoms with Gasteiger partial charge in [-0.1, -0.05) is 110 Å². The standard InChI is InChI=1S/C33H33N/c1-6-8-9-15-26(4)33(22-11-10-14-25(3)31-16-12-17-32(31)33)27(5)23-30(13-7-2)29-20-18-28(24-34)19-21-29/h6-16,18,20,22-23H,1,3,5,17,19,21H2,2,4H3/b9-8-,13-7-,14-10-,22-11?,26-15+,30-23+. The number of hydrogen-bond acceptors (Lipinski definition) is 1. The fourth-order valence-corrected chi connectivity index (χ4v) is 4.77. The van der Waals surface area contributed by atoms with E-state index in [-0.39, 0.29) is 0 Å². The van der Waals surface area contributed by atoms with Crippen molar-refractivity contribution in [3.63, 3.8) is 0 Å². The van der Waals surface area contributed by atoms with Crippen LogP contribution in [0.3, 0.4) is 0 Å². The topological polar surface area (TPSA) is 23.8 Å². The van der Waals surface area contributed by atoms with Crippen LogP contribution in [-0.4, -0.2) is 0 Å². The van der Waals surface area contributed by atoms with Gasteiger partial charge in [-0.25, -0.2) is 0 Å². The molecule has 0 aromatic rings. The molecule has 0 bridgehead atoms. The van der Waals surface area contributed by atoms with Gasteiger partial charge in [-0.2, -0.15) is 5.26 Å². The summed E-state index contributed by atoms with van der Waals surface area (Å²) in [6.07, 6.45) is 33.7. The average molecular weight is 444 g/mol. The summed E-state index contributed by atoms with van der Waals surface area (Å²) in [6, 6.07) is 2.28. The van der Waals surface area contributed by atoms with E-state index >= 15 is 0 Å². The second-order valence-corrected chi connectivity index (χ2v) is 8.64. The first-order chi connectivity index (χ1) is 16.5. The third kappa shape index (κ3) is 5.03. The molecule has 0 aliphatic heterocycles. The minimum atomic E-state index is -0.478. The van der Waals surface area contributed by atoms with Crippen molar-refractivity contribution < 1.29 is 0 Å². The van der Waals surface area contributed by atoms with E-state index in [0.717, 1.165) is 41.6 Å². The maximum Gasteiger partial charge on any atom is 0.0947 e. The fraction of sp³-hybridized carbons (Fsp3) is 0.182. The SMILES string of the molecule is C=C/C=C\C=C(/C)C1(C(=C)/C=C(\C=C/C)C2=CC=C(C#N)CC2)C=C/C=C\C(=C)C2=C1CC=C2. The van der Waals surface area contributed by atoms with Gasteiger partial charge in [0.05, 0.1) is 11.5 Å². The number of rotatable bonds is 7. The molecule has 0 N–H and O–H groups in total. The van der Waals surface area contributed by atoms with Crippen molar-refractivity contribution in [3.8, 4) is 6.07 Å². The van der Waals surface area contributed by atoms with Crippen LogP contribution in [0.15, 0.2) is 155 Å². The van der Waals surface area contributed by atoms with Crippen molar-refractivity contribution in [1.29, 1.82) is 5.26 Å². The summed E-state index contributed by atoms with van der Waals surface area (Å²) in [5.41, 5.74) is 8.39. The summed E-state index contributed by atoms with van der Waals surface area (Å²) in [7, 11) is 0. The number of hydrogen-bond donors (Lipinski definition) is 0. The van der Waals surface area contributed by atoms with Crippen molar-refractivity contribution in [2.45, 2.75) is 33.1 Å². The summed E-state index contributed by atoms with van der Waals surface area (Å²) >= 11 is 0. The van der Waals surface area contributed by atoms with E-state index in [1.54, 1.807) is 6.08 Å². The highest BCUT2D eigenvalue weighted by atomic mass is 14.4. The van der Waals surface area contributed by atoms with Gasteiger partial charge in [0.25, 0.3) is 0 Å². The van der Waals surface area contributed by atoms with Crippen LogP contribution in [0.5, 0.6) is 0 Å². The Bertz CT molecular complexity index is 1230. The van der Waals surface area contributed by atoms with E-state index in [4.69, 9.17) is 0 Å². The highest BCUT2D eigenvalue weighted by Crippen LogP contribution is 2.51.